The lowest BCUT2D eigenvalue weighted by Gasteiger charge is -2.33. The van der Waals surface area contributed by atoms with Crippen molar-refractivity contribution in [2.45, 2.75) is 33.2 Å². The average molecular weight is 350 g/mol. The first-order valence-corrected chi connectivity index (χ1v) is 9.43. The highest BCUT2D eigenvalue weighted by Crippen LogP contribution is 2.44. The van der Waals surface area contributed by atoms with Gasteiger partial charge in [0.15, 0.2) is 0 Å². The van der Waals surface area contributed by atoms with Crippen LogP contribution in [0.4, 0.5) is 5.69 Å². The van der Waals surface area contributed by atoms with Crippen molar-refractivity contribution in [1.29, 1.82) is 0 Å². The number of fused-ring (bicyclic) bond motifs is 2. The zero-order valence-corrected chi connectivity index (χ0v) is 15.8. The first kappa shape index (κ1) is 16.2. The number of hydrogen-bond acceptors (Lipinski definition) is 4. The van der Waals surface area contributed by atoms with E-state index in [0.717, 1.165) is 27.5 Å². The van der Waals surface area contributed by atoms with Crippen LogP contribution in [0, 0.1) is 0 Å². The van der Waals surface area contributed by atoms with Crippen LogP contribution in [0.25, 0.3) is 26.4 Å². The molecule has 0 saturated carbocycles. The molecular formula is C21H22N2OS. The summed E-state index contributed by atoms with van der Waals surface area (Å²) in [4.78, 5) is 4.87. The summed E-state index contributed by atoms with van der Waals surface area (Å²) in [6, 6.07) is 12.5. The highest BCUT2D eigenvalue weighted by molar-refractivity contribution is 7.21. The molecule has 4 heteroatoms. The third-order valence-corrected chi connectivity index (χ3v) is 5.47. The Bertz CT molecular complexity index is 952. The molecule has 0 amide bonds. The van der Waals surface area contributed by atoms with Gasteiger partial charge >= 0.3 is 0 Å². The van der Waals surface area contributed by atoms with E-state index in [4.69, 9.17) is 9.72 Å². The van der Waals surface area contributed by atoms with Crippen molar-refractivity contribution in [2.75, 3.05) is 11.9 Å². The first-order valence-electron chi connectivity index (χ1n) is 8.61. The Balaban J connectivity index is 1.96. The van der Waals surface area contributed by atoms with E-state index in [-0.39, 0.29) is 5.54 Å². The van der Waals surface area contributed by atoms with E-state index in [1.54, 1.807) is 11.3 Å². The average Bonchev–Trinajstić information content (AvgIpc) is 2.98. The highest BCUT2D eigenvalue weighted by atomic mass is 32.1. The van der Waals surface area contributed by atoms with E-state index < -0.39 is 0 Å². The molecule has 0 unspecified atom stereocenters. The number of hydrogen-bond donors (Lipinski definition) is 1. The number of para-hydroxylation sites is 1. The lowest BCUT2D eigenvalue weighted by atomic mass is 9.89. The molecule has 4 rings (SSSR count). The van der Waals surface area contributed by atoms with Crippen molar-refractivity contribution in [3.8, 4) is 16.3 Å². The maximum absolute atomic E-state index is 5.83. The fourth-order valence-electron chi connectivity index (χ4n) is 3.44. The molecular weight excluding hydrogens is 328 g/mol. The minimum Gasteiger partial charge on any atom is -0.494 e. The van der Waals surface area contributed by atoms with Gasteiger partial charge < -0.3 is 10.1 Å². The molecule has 0 radical (unpaired) electrons. The Morgan fingerprint density at radius 3 is 2.68 bits per heavy atom. The maximum Gasteiger partial charge on any atom is 0.126 e. The topological polar surface area (TPSA) is 34.1 Å². The third kappa shape index (κ3) is 2.91. The van der Waals surface area contributed by atoms with Crippen molar-refractivity contribution >= 4 is 32.8 Å². The molecule has 2 heterocycles. The van der Waals surface area contributed by atoms with E-state index in [1.807, 2.05) is 13.0 Å². The standard InChI is InChI=1S/C21H22N2OS/c1-5-24-14-10-15-13(2)12-21(3,4)23-19(15)16(11-14)20-22-17-8-6-7-9-18(17)25-20/h6-12,23H,5H2,1-4H3. The SMILES string of the molecule is CCOc1cc2c(c(-c3nc4ccccc4s3)c1)NC(C)(C)C=C2C. The molecule has 1 N–H and O–H groups in total. The minimum absolute atomic E-state index is 0.0877. The number of aromatic nitrogens is 1. The molecule has 3 aromatic rings. The van der Waals surface area contributed by atoms with Crippen molar-refractivity contribution in [3.63, 3.8) is 0 Å². The number of thiazole rings is 1. The van der Waals surface area contributed by atoms with Crippen LogP contribution in [0.1, 0.15) is 33.3 Å². The largest absolute Gasteiger partial charge is 0.494 e. The molecule has 1 aliphatic rings. The van der Waals surface area contributed by atoms with Crippen molar-refractivity contribution in [3.05, 3.63) is 48.0 Å². The second kappa shape index (κ2) is 5.88. The van der Waals surface area contributed by atoms with Crippen LogP contribution in [-0.4, -0.2) is 17.1 Å². The van der Waals surface area contributed by atoms with Gasteiger partial charge in [0.05, 0.1) is 28.0 Å². The fourth-order valence-corrected chi connectivity index (χ4v) is 4.43. The Hall–Kier alpha value is -2.33. The number of allylic oxidation sites excluding steroid dienone is 1. The molecule has 0 fully saturated rings. The summed E-state index contributed by atoms with van der Waals surface area (Å²) in [5.74, 6) is 0.893. The summed E-state index contributed by atoms with van der Waals surface area (Å²) < 4.78 is 7.03. The van der Waals surface area contributed by atoms with E-state index in [0.29, 0.717) is 6.61 Å². The summed E-state index contributed by atoms with van der Waals surface area (Å²) >= 11 is 1.73. The Morgan fingerprint density at radius 2 is 1.92 bits per heavy atom. The van der Waals surface area contributed by atoms with Gasteiger partial charge in [-0.1, -0.05) is 18.2 Å². The molecule has 1 aliphatic heterocycles. The third-order valence-electron chi connectivity index (χ3n) is 4.40. The Morgan fingerprint density at radius 1 is 1.16 bits per heavy atom. The van der Waals surface area contributed by atoms with Crippen molar-refractivity contribution < 1.29 is 4.74 Å². The molecule has 25 heavy (non-hydrogen) atoms. The van der Waals surface area contributed by atoms with Crippen molar-refractivity contribution in [1.82, 2.24) is 4.98 Å². The number of anilines is 1. The molecule has 1 aromatic heterocycles. The monoisotopic (exact) mass is 350 g/mol. The molecule has 0 bridgehead atoms. The Labute approximate surface area is 152 Å². The van der Waals surface area contributed by atoms with Crippen LogP contribution >= 0.6 is 11.3 Å². The summed E-state index contributed by atoms with van der Waals surface area (Å²) in [6.45, 7) is 9.22. The van der Waals surface area contributed by atoms with Gasteiger partial charge in [0.1, 0.15) is 10.8 Å². The molecule has 0 spiro atoms. The number of nitrogens with one attached hydrogen (secondary N) is 1. The van der Waals surface area contributed by atoms with Crippen LogP contribution in [0.2, 0.25) is 0 Å². The van der Waals surface area contributed by atoms with E-state index >= 15 is 0 Å². The predicted octanol–water partition coefficient (Wildman–Crippen LogP) is 5.97. The molecule has 2 aromatic carbocycles. The van der Waals surface area contributed by atoms with Gasteiger partial charge in [-0.3, -0.25) is 0 Å². The lowest BCUT2D eigenvalue weighted by Crippen LogP contribution is -2.31. The highest BCUT2D eigenvalue weighted by Gasteiger charge is 2.27. The van der Waals surface area contributed by atoms with Gasteiger partial charge in [-0.25, -0.2) is 4.98 Å². The van der Waals surface area contributed by atoms with Crippen LogP contribution in [-0.2, 0) is 0 Å². The van der Waals surface area contributed by atoms with Crippen LogP contribution in [0.15, 0.2) is 42.5 Å². The number of rotatable bonds is 3. The Kier molecular flexibility index (Phi) is 3.80. The predicted molar refractivity (Wildman–Crippen MR) is 108 cm³/mol. The van der Waals surface area contributed by atoms with Gasteiger partial charge in [0, 0.05) is 11.1 Å². The summed E-state index contributed by atoms with van der Waals surface area (Å²) in [5.41, 5.74) is 5.67. The molecule has 128 valence electrons. The van der Waals surface area contributed by atoms with Gasteiger partial charge in [-0.2, -0.15) is 0 Å². The van der Waals surface area contributed by atoms with Crippen LogP contribution in [0.3, 0.4) is 0 Å². The number of ether oxygens (including phenoxy) is 1. The summed E-state index contributed by atoms with van der Waals surface area (Å²) in [5, 5.41) is 4.71. The molecule has 0 saturated heterocycles. The van der Waals surface area contributed by atoms with Crippen LogP contribution < -0.4 is 10.1 Å². The zero-order chi connectivity index (χ0) is 17.6. The smallest absolute Gasteiger partial charge is 0.126 e. The summed E-state index contributed by atoms with van der Waals surface area (Å²) in [7, 11) is 0. The number of benzene rings is 2. The second-order valence-corrected chi connectivity index (χ2v) is 8.02. The minimum atomic E-state index is -0.0877. The van der Waals surface area contributed by atoms with Gasteiger partial charge in [0.25, 0.3) is 0 Å². The second-order valence-electron chi connectivity index (χ2n) is 6.99. The van der Waals surface area contributed by atoms with E-state index in [9.17, 15) is 0 Å². The lowest BCUT2D eigenvalue weighted by molar-refractivity contribution is 0.340. The number of nitrogens with zero attached hydrogens (tertiary/aromatic N) is 1. The summed E-state index contributed by atoms with van der Waals surface area (Å²) in [6.07, 6.45) is 2.27. The molecule has 0 aliphatic carbocycles. The van der Waals surface area contributed by atoms with Gasteiger partial charge in [-0.05, 0) is 57.5 Å². The molecule has 0 atom stereocenters. The quantitative estimate of drug-likeness (QED) is 0.632. The van der Waals surface area contributed by atoms with Gasteiger partial charge in [0.2, 0.25) is 0 Å². The van der Waals surface area contributed by atoms with Crippen LogP contribution in [0.5, 0.6) is 5.75 Å². The fraction of sp³-hybridized carbons (Fsp3) is 0.286. The van der Waals surface area contributed by atoms with E-state index in [1.165, 1.54) is 15.8 Å². The van der Waals surface area contributed by atoms with Crippen molar-refractivity contribution in [2.24, 2.45) is 0 Å². The maximum atomic E-state index is 5.83. The normalized spacial score (nSPS) is 15.4. The first-order chi connectivity index (χ1) is 12.0. The van der Waals surface area contributed by atoms with Gasteiger partial charge in [-0.15, -0.1) is 11.3 Å². The zero-order valence-electron chi connectivity index (χ0n) is 15.0. The van der Waals surface area contributed by atoms with E-state index in [2.05, 4.69) is 62.5 Å². The molecule has 3 nitrogen and oxygen atoms in total.